The number of nitrogens with one attached hydrogen (secondary N) is 1. The molecule has 23 heavy (non-hydrogen) atoms. The summed E-state index contributed by atoms with van der Waals surface area (Å²) in [5, 5.41) is 11.0. The molecule has 1 amide bonds. The van der Waals surface area contributed by atoms with Crippen molar-refractivity contribution >= 4 is 11.6 Å². The first-order chi connectivity index (χ1) is 11.1. The van der Waals surface area contributed by atoms with E-state index in [9.17, 15) is 4.79 Å². The highest BCUT2D eigenvalue weighted by Gasteiger charge is 2.14. The number of amides is 1. The number of benzene rings is 1. The first kappa shape index (κ1) is 15.0. The molecule has 0 aliphatic rings. The normalized spacial score (nSPS) is 10.7. The molecule has 1 aromatic carbocycles. The van der Waals surface area contributed by atoms with Gasteiger partial charge in [0.1, 0.15) is 17.8 Å². The Labute approximate surface area is 134 Å². The molecule has 3 rings (SSSR count). The molecule has 0 aliphatic heterocycles. The molecule has 2 aromatic heterocycles. The lowest BCUT2D eigenvalue weighted by Crippen LogP contribution is -2.12. The predicted octanol–water partition coefficient (Wildman–Crippen LogP) is 3.43. The second-order valence-corrected chi connectivity index (χ2v) is 5.30. The van der Waals surface area contributed by atoms with E-state index in [1.54, 1.807) is 19.3 Å². The lowest BCUT2D eigenvalue weighted by Gasteiger charge is -2.07. The smallest absolute Gasteiger partial charge is 0.259 e. The molecule has 0 fully saturated rings. The Morgan fingerprint density at radius 2 is 2.13 bits per heavy atom. The van der Waals surface area contributed by atoms with Gasteiger partial charge in [0, 0.05) is 17.8 Å². The Balaban J connectivity index is 1.86. The highest BCUT2D eigenvalue weighted by atomic mass is 16.3. The number of aromatic nitrogens is 3. The first-order valence-electron chi connectivity index (χ1n) is 7.45. The van der Waals surface area contributed by atoms with E-state index >= 15 is 0 Å². The van der Waals surface area contributed by atoms with Crippen molar-refractivity contribution in [2.45, 2.75) is 27.3 Å². The highest BCUT2D eigenvalue weighted by Crippen LogP contribution is 2.22. The third-order valence-electron chi connectivity index (χ3n) is 3.62. The number of nitrogens with zero attached hydrogens (tertiary/aromatic N) is 3. The fraction of sp³-hybridized carbons (Fsp3) is 0.235. The number of furan rings is 1. The van der Waals surface area contributed by atoms with Crippen LogP contribution >= 0.6 is 0 Å². The van der Waals surface area contributed by atoms with E-state index in [0.29, 0.717) is 17.0 Å². The Hall–Kier alpha value is -2.89. The lowest BCUT2D eigenvalue weighted by molar-refractivity contribution is 0.102. The quantitative estimate of drug-likeness (QED) is 0.801. The highest BCUT2D eigenvalue weighted by molar-refractivity contribution is 6.05. The van der Waals surface area contributed by atoms with Crippen LogP contribution in [0.15, 0.2) is 41.1 Å². The average molecular weight is 310 g/mol. The van der Waals surface area contributed by atoms with Crippen LogP contribution in [0, 0.1) is 13.8 Å². The van der Waals surface area contributed by atoms with Gasteiger partial charge >= 0.3 is 0 Å². The molecule has 0 saturated carbocycles. The van der Waals surface area contributed by atoms with Crippen LogP contribution in [0.5, 0.6) is 0 Å². The standard InChI is InChI=1S/C17H18N4O2/c1-4-21-10-18-20-16(21)13-6-5-7-14(9-13)19-17(22)15-8-11(2)23-12(15)3/h5-10H,4H2,1-3H3,(H,19,22). The zero-order valence-corrected chi connectivity index (χ0v) is 13.3. The molecule has 6 nitrogen and oxygen atoms in total. The number of aryl methyl sites for hydroxylation is 3. The Morgan fingerprint density at radius 3 is 2.83 bits per heavy atom. The van der Waals surface area contributed by atoms with Crippen LogP contribution in [0.2, 0.25) is 0 Å². The van der Waals surface area contributed by atoms with Crippen molar-refractivity contribution in [1.29, 1.82) is 0 Å². The van der Waals surface area contributed by atoms with E-state index in [1.165, 1.54) is 0 Å². The number of rotatable bonds is 4. The van der Waals surface area contributed by atoms with Crippen LogP contribution < -0.4 is 5.32 Å². The topological polar surface area (TPSA) is 73.0 Å². The zero-order chi connectivity index (χ0) is 16.4. The Bertz CT molecular complexity index is 848. The molecular formula is C17H18N4O2. The van der Waals surface area contributed by atoms with Crippen molar-refractivity contribution in [2.75, 3.05) is 5.32 Å². The molecule has 0 radical (unpaired) electrons. The molecule has 6 heteroatoms. The summed E-state index contributed by atoms with van der Waals surface area (Å²) in [6.45, 7) is 6.42. The molecule has 0 atom stereocenters. The van der Waals surface area contributed by atoms with Crippen LogP contribution in [-0.4, -0.2) is 20.7 Å². The van der Waals surface area contributed by atoms with Gasteiger partial charge in [0.25, 0.3) is 5.91 Å². The SMILES string of the molecule is CCn1cnnc1-c1cccc(NC(=O)c2cc(C)oc2C)c1. The summed E-state index contributed by atoms with van der Waals surface area (Å²) in [5.74, 6) is 1.92. The Kier molecular flexibility index (Phi) is 3.97. The van der Waals surface area contributed by atoms with Gasteiger partial charge in [0.05, 0.1) is 5.56 Å². The molecule has 0 unspecified atom stereocenters. The van der Waals surface area contributed by atoms with Gasteiger partial charge in [0.15, 0.2) is 5.82 Å². The maximum absolute atomic E-state index is 12.4. The van der Waals surface area contributed by atoms with Gasteiger partial charge in [-0.05, 0) is 39.0 Å². The Morgan fingerprint density at radius 1 is 1.30 bits per heavy atom. The molecule has 0 bridgehead atoms. The minimum Gasteiger partial charge on any atom is -0.466 e. The van der Waals surface area contributed by atoms with Crippen LogP contribution in [-0.2, 0) is 6.54 Å². The minimum absolute atomic E-state index is 0.187. The van der Waals surface area contributed by atoms with E-state index in [0.717, 1.165) is 23.7 Å². The fourth-order valence-electron chi connectivity index (χ4n) is 2.50. The van der Waals surface area contributed by atoms with Crippen molar-refractivity contribution in [3.63, 3.8) is 0 Å². The van der Waals surface area contributed by atoms with Crippen LogP contribution in [0.4, 0.5) is 5.69 Å². The van der Waals surface area contributed by atoms with Crippen molar-refractivity contribution in [2.24, 2.45) is 0 Å². The molecular weight excluding hydrogens is 292 g/mol. The van der Waals surface area contributed by atoms with Gasteiger partial charge in [-0.25, -0.2) is 0 Å². The van der Waals surface area contributed by atoms with Gasteiger partial charge in [-0.2, -0.15) is 0 Å². The van der Waals surface area contributed by atoms with Crippen molar-refractivity contribution in [1.82, 2.24) is 14.8 Å². The van der Waals surface area contributed by atoms with E-state index < -0.39 is 0 Å². The first-order valence-corrected chi connectivity index (χ1v) is 7.45. The summed E-state index contributed by atoms with van der Waals surface area (Å²) in [5.41, 5.74) is 2.16. The minimum atomic E-state index is -0.187. The number of hydrogen-bond acceptors (Lipinski definition) is 4. The second kappa shape index (κ2) is 6.08. The molecule has 118 valence electrons. The van der Waals surface area contributed by atoms with Crippen LogP contribution in [0.3, 0.4) is 0 Å². The van der Waals surface area contributed by atoms with Crippen molar-refractivity contribution < 1.29 is 9.21 Å². The van der Waals surface area contributed by atoms with Gasteiger partial charge in [-0.3, -0.25) is 4.79 Å². The monoisotopic (exact) mass is 310 g/mol. The summed E-state index contributed by atoms with van der Waals surface area (Å²) < 4.78 is 7.35. The fourth-order valence-corrected chi connectivity index (χ4v) is 2.50. The second-order valence-electron chi connectivity index (χ2n) is 5.30. The summed E-state index contributed by atoms with van der Waals surface area (Å²) in [6.07, 6.45) is 1.69. The summed E-state index contributed by atoms with van der Waals surface area (Å²) in [4.78, 5) is 12.4. The number of carbonyl (C=O) groups is 1. The number of carbonyl (C=O) groups excluding carboxylic acids is 1. The number of anilines is 1. The molecule has 0 spiro atoms. The summed E-state index contributed by atoms with van der Waals surface area (Å²) >= 11 is 0. The summed E-state index contributed by atoms with van der Waals surface area (Å²) in [7, 11) is 0. The van der Waals surface area contributed by atoms with E-state index in [4.69, 9.17) is 4.42 Å². The number of hydrogen-bond donors (Lipinski definition) is 1. The largest absolute Gasteiger partial charge is 0.466 e. The lowest BCUT2D eigenvalue weighted by atomic mass is 10.1. The van der Waals surface area contributed by atoms with Gasteiger partial charge in [-0.1, -0.05) is 12.1 Å². The van der Waals surface area contributed by atoms with Crippen molar-refractivity contribution in [3.05, 3.63) is 53.7 Å². The zero-order valence-electron chi connectivity index (χ0n) is 13.3. The third-order valence-corrected chi connectivity index (χ3v) is 3.62. The summed E-state index contributed by atoms with van der Waals surface area (Å²) in [6, 6.07) is 9.29. The maximum Gasteiger partial charge on any atom is 0.259 e. The van der Waals surface area contributed by atoms with Crippen LogP contribution in [0.1, 0.15) is 28.8 Å². The van der Waals surface area contributed by atoms with Crippen molar-refractivity contribution in [3.8, 4) is 11.4 Å². The third kappa shape index (κ3) is 3.01. The van der Waals surface area contributed by atoms with E-state index in [1.807, 2.05) is 42.7 Å². The molecule has 2 heterocycles. The van der Waals surface area contributed by atoms with Gasteiger partial charge in [0.2, 0.25) is 0 Å². The van der Waals surface area contributed by atoms with E-state index in [2.05, 4.69) is 15.5 Å². The molecule has 0 aliphatic carbocycles. The molecule has 0 saturated heterocycles. The van der Waals surface area contributed by atoms with Gasteiger partial charge < -0.3 is 14.3 Å². The van der Waals surface area contributed by atoms with Crippen LogP contribution in [0.25, 0.3) is 11.4 Å². The molecule has 1 N–H and O–H groups in total. The van der Waals surface area contributed by atoms with Gasteiger partial charge in [-0.15, -0.1) is 10.2 Å². The molecule has 3 aromatic rings. The average Bonchev–Trinajstić information content (AvgIpc) is 3.13. The maximum atomic E-state index is 12.4. The van der Waals surface area contributed by atoms with E-state index in [-0.39, 0.29) is 5.91 Å². The predicted molar refractivity (Wildman–Crippen MR) is 87.3 cm³/mol.